The number of benzene rings is 2. The van der Waals surface area contributed by atoms with Crippen molar-refractivity contribution in [2.24, 2.45) is 0 Å². The van der Waals surface area contributed by atoms with Gasteiger partial charge in [-0.15, -0.1) is 0 Å². The van der Waals surface area contributed by atoms with E-state index in [4.69, 9.17) is 19.7 Å². The molecule has 2 rings (SSSR count). The Morgan fingerprint density at radius 3 is 1.35 bits per heavy atom. The van der Waals surface area contributed by atoms with Gasteiger partial charge in [0.15, 0.2) is 0 Å². The molecule has 0 bridgehead atoms. The van der Waals surface area contributed by atoms with E-state index >= 15 is 0 Å². The summed E-state index contributed by atoms with van der Waals surface area (Å²) >= 11 is 0. The minimum absolute atomic E-state index is 0. The summed E-state index contributed by atoms with van der Waals surface area (Å²) in [5.41, 5.74) is -0.238. The van der Waals surface area contributed by atoms with Crippen molar-refractivity contribution in [2.45, 2.75) is 39.5 Å². The van der Waals surface area contributed by atoms with Crippen LogP contribution in [0.2, 0.25) is 0 Å². The Kier molecular flexibility index (Phi) is 15.7. The number of carbonyl (C=O) groups excluding carboxylic acids is 2. The maximum Gasteiger partial charge on any atom is 2.00 e. The summed E-state index contributed by atoms with van der Waals surface area (Å²) < 4.78 is 9.67. The standard InChI is InChI=1S/2C12H15NO5.Zn/c2*1-2-3-6-18-12(17)13-8-4-5-9(11(15)16)10(14)7-8;/h2*4-5,7,14H,2-3,6H2,1H3,(H,13,17)(H,15,16);/q;;+2/p-2. The van der Waals surface area contributed by atoms with Crippen LogP contribution in [0.15, 0.2) is 36.4 Å². The Morgan fingerprint density at radius 1 is 0.730 bits per heavy atom. The molecule has 0 aliphatic carbocycles. The first-order valence-electron chi connectivity index (χ1n) is 11.0. The molecule has 0 heterocycles. The van der Waals surface area contributed by atoms with E-state index in [-0.39, 0.29) is 42.0 Å². The number of carboxylic acid groups (broad SMARTS) is 2. The predicted octanol–water partition coefficient (Wildman–Crippen LogP) is 3.61. The molecule has 2 aromatic rings. The number of anilines is 2. The first-order valence-corrected chi connectivity index (χ1v) is 11.0. The fourth-order valence-electron chi connectivity index (χ4n) is 2.48. The monoisotopic (exact) mass is 568 g/mol. The molecule has 0 saturated heterocycles. The van der Waals surface area contributed by atoms with Crippen LogP contribution in [0.1, 0.15) is 60.2 Å². The fraction of sp³-hybridized carbons (Fsp3) is 0.333. The molecule has 0 aromatic heterocycles. The molecule has 0 atom stereocenters. The van der Waals surface area contributed by atoms with Gasteiger partial charge in [0.05, 0.1) is 24.3 Å². The summed E-state index contributed by atoms with van der Waals surface area (Å²) in [5.74, 6) is -3.91. The van der Waals surface area contributed by atoms with E-state index < -0.39 is 35.6 Å². The largest absolute Gasteiger partial charge is 2.00 e. The van der Waals surface area contributed by atoms with E-state index in [1.807, 2.05) is 13.8 Å². The molecule has 0 aliphatic heterocycles. The Hall–Kier alpha value is -3.86. The number of hydrogen-bond donors (Lipinski definition) is 4. The second-order valence-electron chi connectivity index (χ2n) is 7.26. The average Bonchev–Trinajstić information content (AvgIpc) is 2.79. The molecule has 0 spiro atoms. The van der Waals surface area contributed by atoms with E-state index in [0.29, 0.717) is 13.2 Å². The van der Waals surface area contributed by atoms with Gasteiger partial charge in [-0.05, 0) is 49.2 Å². The van der Waals surface area contributed by atoms with Gasteiger partial charge in [0.25, 0.3) is 0 Å². The topological polar surface area (TPSA) is 197 Å². The number of aromatic carboxylic acids is 2. The molecule has 0 fully saturated rings. The molecule has 12 nitrogen and oxygen atoms in total. The van der Waals surface area contributed by atoms with Gasteiger partial charge in [-0.3, -0.25) is 10.6 Å². The molecule has 196 valence electrons. The minimum atomic E-state index is -1.29. The van der Waals surface area contributed by atoms with Crippen molar-refractivity contribution in [3.8, 4) is 11.5 Å². The summed E-state index contributed by atoms with van der Waals surface area (Å²) in [6, 6.07) is 7.06. The van der Waals surface area contributed by atoms with Crippen LogP contribution in [0.4, 0.5) is 21.0 Å². The van der Waals surface area contributed by atoms with Gasteiger partial charge in [-0.1, -0.05) is 38.2 Å². The second-order valence-corrected chi connectivity index (χ2v) is 7.26. The molecular weight excluding hydrogens is 542 g/mol. The van der Waals surface area contributed by atoms with E-state index in [9.17, 15) is 29.4 Å². The molecule has 0 unspecified atom stereocenters. The zero-order valence-corrected chi connectivity index (χ0v) is 23.5. The molecule has 2 aromatic carbocycles. The van der Waals surface area contributed by atoms with Gasteiger partial charge in [0, 0.05) is 11.4 Å². The van der Waals surface area contributed by atoms with Crippen LogP contribution in [0.5, 0.6) is 11.5 Å². The molecule has 4 N–H and O–H groups in total. The predicted molar refractivity (Wildman–Crippen MR) is 125 cm³/mol. The first-order chi connectivity index (χ1) is 17.1. The van der Waals surface area contributed by atoms with Crippen molar-refractivity contribution in [1.82, 2.24) is 0 Å². The van der Waals surface area contributed by atoms with Crippen molar-refractivity contribution >= 4 is 35.5 Å². The number of ether oxygens (including phenoxy) is 2. The van der Waals surface area contributed by atoms with Gasteiger partial charge in [-0.25, -0.2) is 19.2 Å². The van der Waals surface area contributed by atoms with Crippen LogP contribution in [-0.2, 0) is 29.0 Å². The smallest absolute Gasteiger partial charge is 0.872 e. The Morgan fingerprint density at radius 2 is 1.08 bits per heavy atom. The van der Waals surface area contributed by atoms with Gasteiger partial charge < -0.3 is 29.9 Å². The zero-order valence-electron chi connectivity index (χ0n) is 20.6. The maximum atomic E-state index is 11.4. The van der Waals surface area contributed by atoms with Crippen molar-refractivity contribution < 1.29 is 68.6 Å². The van der Waals surface area contributed by atoms with E-state index in [0.717, 1.165) is 49.9 Å². The Bertz CT molecular complexity index is 978. The van der Waals surface area contributed by atoms with Crippen molar-refractivity contribution in [1.29, 1.82) is 0 Å². The number of amides is 2. The summed E-state index contributed by atoms with van der Waals surface area (Å²) in [5, 5.41) is 44.7. The Labute approximate surface area is 226 Å². The van der Waals surface area contributed by atoms with Gasteiger partial charge in [0.2, 0.25) is 0 Å². The van der Waals surface area contributed by atoms with Gasteiger partial charge in [0.1, 0.15) is 0 Å². The molecule has 0 radical (unpaired) electrons. The van der Waals surface area contributed by atoms with Gasteiger partial charge in [-0.2, -0.15) is 0 Å². The number of carbonyl (C=O) groups is 4. The number of nitrogens with one attached hydrogen (secondary N) is 2. The number of carboxylic acids is 2. The summed E-state index contributed by atoms with van der Waals surface area (Å²) in [6.07, 6.45) is 2.02. The normalized spacial score (nSPS) is 9.57. The van der Waals surface area contributed by atoms with Crippen LogP contribution in [0, 0.1) is 0 Å². The Balaban J connectivity index is 0.000000682. The van der Waals surface area contributed by atoms with E-state index in [1.165, 1.54) is 12.1 Å². The molecule has 0 saturated carbocycles. The third-order valence-corrected chi connectivity index (χ3v) is 4.38. The van der Waals surface area contributed by atoms with Crippen molar-refractivity contribution in [2.75, 3.05) is 23.8 Å². The van der Waals surface area contributed by atoms with Gasteiger partial charge >= 0.3 is 43.6 Å². The summed E-state index contributed by atoms with van der Waals surface area (Å²) in [7, 11) is 0. The SMILES string of the molecule is CCCCOC(=O)Nc1ccc(C(=O)O)c([O-])c1.CCCCOC(=O)Nc1ccc(C(=O)O)c([O-])c1.[Zn+2]. The average molecular weight is 570 g/mol. The second kappa shape index (κ2) is 17.6. The molecule has 0 aliphatic rings. The zero-order chi connectivity index (χ0) is 27.1. The first kappa shape index (κ1) is 33.1. The quantitative estimate of drug-likeness (QED) is 0.242. The third kappa shape index (κ3) is 12.6. The number of hydrogen-bond acceptors (Lipinski definition) is 8. The van der Waals surface area contributed by atoms with Crippen LogP contribution >= 0.6 is 0 Å². The number of unbranched alkanes of at least 4 members (excludes halogenated alkanes) is 2. The van der Waals surface area contributed by atoms with Crippen LogP contribution in [-0.4, -0.2) is 47.6 Å². The third-order valence-electron chi connectivity index (χ3n) is 4.38. The minimum Gasteiger partial charge on any atom is -0.872 e. The summed E-state index contributed by atoms with van der Waals surface area (Å²) in [4.78, 5) is 43.8. The number of rotatable bonds is 10. The molecule has 13 heteroatoms. The van der Waals surface area contributed by atoms with Crippen LogP contribution in [0.25, 0.3) is 0 Å². The van der Waals surface area contributed by atoms with Crippen molar-refractivity contribution in [3.63, 3.8) is 0 Å². The van der Waals surface area contributed by atoms with E-state index in [1.54, 1.807) is 0 Å². The summed E-state index contributed by atoms with van der Waals surface area (Å²) in [6.45, 7) is 4.55. The molecular formula is C24H28N2O10Zn. The molecule has 37 heavy (non-hydrogen) atoms. The fourth-order valence-corrected chi connectivity index (χ4v) is 2.48. The maximum absolute atomic E-state index is 11.4. The van der Waals surface area contributed by atoms with E-state index in [2.05, 4.69) is 10.6 Å². The van der Waals surface area contributed by atoms with Crippen molar-refractivity contribution in [3.05, 3.63) is 47.5 Å². The molecule has 2 amide bonds. The van der Waals surface area contributed by atoms with Crippen LogP contribution < -0.4 is 20.8 Å². The van der Waals surface area contributed by atoms with Crippen LogP contribution in [0.3, 0.4) is 0 Å².